The van der Waals surface area contributed by atoms with Crippen molar-refractivity contribution in [2.45, 2.75) is 88.5 Å². The van der Waals surface area contributed by atoms with Crippen LogP contribution < -0.4 is 0 Å². The number of epoxide rings is 1. The van der Waals surface area contributed by atoms with E-state index in [-0.39, 0.29) is 24.4 Å². The first-order chi connectivity index (χ1) is 21.5. The number of hydrogen-bond acceptors (Lipinski definition) is 5. The summed E-state index contributed by atoms with van der Waals surface area (Å²) >= 11 is 1.91. The van der Waals surface area contributed by atoms with Gasteiger partial charge >= 0.3 is 0 Å². The van der Waals surface area contributed by atoms with Crippen LogP contribution in [0, 0.1) is 23.7 Å². The molecule has 1 aromatic carbocycles. The number of nitrogens with zero attached hydrogens (tertiary/aromatic N) is 1. The molecule has 1 aromatic rings. The SMILES string of the molecule is COC(O)C(CO)CCCC1C=CC(C2=[N+](c3ccc(CCCSC)cc3)C3OC34C(CCCC3=CCC(F)C=C3)C24)=CC1. The summed E-state index contributed by atoms with van der Waals surface area (Å²) in [5.41, 5.74) is 6.61. The number of rotatable bonds is 17. The van der Waals surface area contributed by atoms with Gasteiger partial charge in [-0.1, -0.05) is 60.6 Å². The fourth-order valence-electron chi connectivity index (χ4n) is 7.85. The molecule has 0 radical (unpaired) electrons. The first-order valence-corrected chi connectivity index (χ1v) is 18.0. The molecule has 6 rings (SSSR count). The zero-order valence-electron chi connectivity index (χ0n) is 26.2. The third-order valence-corrected chi connectivity index (χ3v) is 11.1. The number of ether oxygens (including phenoxy) is 2. The van der Waals surface area contributed by atoms with Crippen LogP contribution in [0.2, 0.25) is 0 Å². The van der Waals surface area contributed by atoms with Crippen LogP contribution in [0.5, 0.6) is 0 Å². The molecule has 5 nitrogen and oxygen atoms in total. The van der Waals surface area contributed by atoms with Gasteiger partial charge in [0.15, 0.2) is 17.6 Å². The van der Waals surface area contributed by atoms with Crippen molar-refractivity contribution in [3.05, 3.63) is 77.4 Å². The van der Waals surface area contributed by atoms with Crippen molar-refractivity contribution in [1.82, 2.24) is 0 Å². The van der Waals surface area contributed by atoms with E-state index in [4.69, 9.17) is 9.47 Å². The highest BCUT2D eigenvalue weighted by Crippen LogP contribution is 2.74. The average molecular weight is 623 g/mol. The van der Waals surface area contributed by atoms with Gasteiger partial charge in [0.25, 0.3) is 6.23 Å². The first-order valence-electron chi connectivity index (χ1n) is 16.6. The third kappa shape index (κ3) is 6.59. The minimum absolute atomic E-state index is 0.0415. The van der Waals surface area contributed by atoms with E-state index in [0.29, 0.717) is 24.2 Å². The molecule has 44 heavy (non-hydrogen) atoms. The van der Waals surface area contributed by atoms with E-state index in [0.717, 1.165) is 51.4 Å². The van der Waals surface area contributed by atoms with Crippen LogP contribution in [0.3, 0.4) is 0 Å². The predicted octanol–water partition coefficient (Wildman–Crippen LogP) is 7.06. The quantitative estimate of drug-likeness (QED) is 0.0843. The van der Waals surface area contributed by atoms with Gasteiger partial charge in [-0.2, -0.15) is 16.3 Å². The molecule has 8 unspecified atom stereocenters. The summed E-state index contributed by atoms with van der Waals surface area (Å²) in [6.07, 6.45) is 23.2. The molecule has 5 aliphatic rings. The van der Waals surface area contributed by atoms with Crippen molar-refractivity contribution in [3.63, 3.8) is 0 Å². The number of aliphatic hydroxyl groups excluding tert-OH is 2. The number of hydrogen-bond donors (Lipinski definition) is 2. The number of alkyl halides is 1. The number of halogens is 1. The van der Waals surface area contributed by atoms with Crippen LogP contribution in [0.25, 0.3) is 0 Å². The smallest absolute Gasteiger partial charge is 0.295 e. The van der Waals surface area contributed by atoms with E-state index in [1.807, 2.05) is 17.8 Å². The van der Waals surface area contributed by atoms with Gasteiger partial charge in [0.05, 0.1) is 12.5 Å². The molecule has 238 valence electrons. The summed E-state index contributed by atoms with van der Waals surface area (Å²) in [5, 5.41) is 19.6. The standard InChI is InChI=1S/C37H49FNO4S/c1-42-35(41)29(24-40)9-3-6-25-11-17-28(18-12-25)34-33-32(10-4-7-26-13-19-30(38)20-14-26)37(33)36(43-37)39(34)31-21-15-27(16-22-31)8-5-23-44-2/h11,13-19,21-22,25,29-30,32-33,35-36,40-41H,3-10,12,20,23-24H2,1-2H3/q+1. The molecule has 2 aliphatic heterocycles. The Morgan fingerprint density at radius 1 is 1.07 bits per heavy atom. The maximum absolute atomic E-state index is 13.5. The summed E-state index contributed by atoms with van der Waals surface area (Å²) in [5.74, 6) is 2.38. The Balaban J connectivity index is 1.14. The molecule has 2 N–H and O–H groups in total. The van der Waals surface area contributed by atoms with Gasteiger partial charge in [0.1, 0.15) is 6.17 Å². The second-order valence-corrected chi connectivity index (χ2v) is 14.2. The predicted molar refractivity (Wildman–Crippen MR) is 176 cm³/mol. The van der Waals surface area contributed by atoms with Gasteiger partial charge < -0.3 is 19.7 Å². The highest BCUT2D eigenvalue weighted by molar-refractivity contribution is 7.98. The Hall–Kier alpha value is -2.03. The molecule has 1 saturated carbocycles. The summed E-state index contributed by atoms with van der Waals surface area (Å²) in [7, 11) is 1.48. The maximum atomic E-state index is 13.5. The number of allylic oxidation sites excluding steroid dienone is 8. The Morgan fingerprint density at radius 3 is 2.59 bits per heavy atom. The third-order valence-electron chi connectivity index (χ3n) is 10.4. The lowest BCUT2D eigenvalue weighted by Gasteiger charge is -2.21. The summed E-state index contributed by atoms with van der Waals surface area (Å²) in [4.78, 5) is 0. The van der Waals surface area contributed by atoms with Crippen LogP contribution in [-0.4, -0.2) is 70.5 Å². The number of aryl methyl sites for hydroxylation is 1. The summed E-state index contributed by atoms with van der Waals surface area (Å²) in [6, 6.07) is 9.15. The second kappa shape index (κ2) is 14.2. The van der Waals surface area contributed by atoms with Gasteiger partial charge in [-0.05, 0) is 74.9 Å². The number of thioether (sulfide) groups is 1. The lowest BCUT2D eigenvalue weighted by atomic mass is 9.88. The van der Waals surface area contributed by atoms with Crippen molar-refractivity contribution in [1.29, 1.82) is 0 Å². The van der Waals surface area contributed by atoms with Crippen molar-refractivity contribution in [3.8, 4) is 0 Å². The molecule has 2 heterocycles. The van der Waals surface area contributed by atoms with Crippen molar-refractivity contribution >= 4 is 23.2 Å². The second-order valence-electron chi connectivity index (χ2n) is 13.2. The normalized spacial score (nSPS) is 31.3. The maximum Gasteiger partial charge on any atom is 0.295 e. The molecule has 2 fully saturated rings. The highest BCUT2D eigenvalue weighted by Gasteiger charge is 2.93. The molecule has 1 saturated heterocycles. The highest BCUT2D eigenvalue weighted by atomic mass is 32.2. The van der Waals surface area contributed by atoms with E-state index in [2.05, 4.69) is 59.4 Å². The van der Waals surface area contributed by atoms with E-state index >= 15 is 0 Å². The molecule has 1 spiro atoms. The monoisotopic (exact) mass is 622 g/mol. The van der Waals surface area contributed by atoms with Crippen molar-refractivity contribution in [2.24, 2.45) is 23.7 Å². The van der Waals surface area contributed by atoms with Crippen molar-refractivity contribution in [2.75, 3.05) is 25.7 Å². The molecular weight excluding hydrogens is 573 g/mol. The Bertz CT molecular complexity index is 1320. The summed E-state index contributed by atoms with van der Waals surface area (Å²) in [6.45, 7) is -0.0631. The Labute approximate surface area is 266 Å². The van der Waals surface area contributed by atoms with Gasteiger partial charge in [-0.25, -0.2) is 4.39 Å². The van der Waals surface area contributed by atoms with Crippen LogP contribution in [-0.2, 0) is 15.9 Å². The zero-order chi connectivity index (χ0) is 30.7. The van der Waals surface area contributed by atoms with Gasteiger partial charge in [0.2, 0.25) is 5.69 Å². The van der Waals surface area contributed by atoms with E-state index in [9.17, 15) is 14.6 Å². The topological polar surface area (TPSA) is 65.2 Å². The lowest BCUT2D eigenvalue weighted by molar-refractivity contribution is -0.477. The Morgan fingerprint density at radius 2 is 1.91 bits per heavy atom. The molecular formula is C37H49FNO4S+. The molecule has 0 aromatic heterocycles. The minimum Gasteiger partial charge on any atom is -0.396 e. The molecule has 0 amide bonds. The van der Waals surface area contributed by atoms with Crippen LogP contribution in [0.1, 0.15) is 63.4 Å². The van der Waals surface area contributed by atoms with Gasteiger partial charge in [-0.15, -0.1) is 0 Å². The molecule has 7 heteroatoms. The number of methoxy groups -OCH3 is 1. The molecule has 3 aliphatic carbocycles. The van der Waals surface area contributed by atoms with Gasteiger partial charge in [0, 0.05) is 43.1 Å². The minimum atomic E-state index is -0.909. The van der Waals surface area contributed by atoms with Crippen LogP contribution in [0.15, 0.2) is 71.9 Å². The van der Waals surface area contributed by atoms with E-state index in [1.165, 1.54) is 47.4 Å². The molecule has 0 bridgehead atoms. The van der Waals surface area contributed by atoms with E-state index in [1.54, 1.807) is 6.08 Å². The fourth-order valence-corrected chi connectivity index (χ4v) is 8.29. The summed E-state index contributed by atoms with van der Waals surface area (Å²) < 4.78 is 27.5. The fraction of sp³-hybridized carbons (Fsp3) is 0.595. The first kappa shape index (κ1) is 31.9. The largest absolute Gasteiger partial charge is 0.396 e. The number of aliphatic hydroxyl groups is 2. The molecule has 8 atom stereocenters. The van der Waals surface area contributed by atoms with Crippen LogP contribution in [0.4, 0.5) is 10.1 Å². The lowest BCUT2D eigenvalue weighted by Crippen LogP contribution is -2.25. The Kier molecular flexibility index (Phi) is 10.3. The zero-order valence-corrected chi connectivity index (χ0v) is 27.1. The van der Waals surface area contributed by atoms with Crippen LogP contribution >= 0.6 is 11.8 Å². The van der Waals surface area contributed by atoms with E-state index < -0.39 is 12.5 Å². The van der Waals surface area contributed by atoms with Crippen molar-refractivity contribution < 1.29 is 28.7 Å². The van der Waals surface area contributed by atoms with Gasteiger partial charge in [-0.3, -0.25) is 0 Å². The number of benzene rings is 1. The average Bonchev–Trinajstić information content (AvgIpc) is 3.92.